The van der Waals surface area contributed by atoms with Crippen molar-refractivity contribution < 1.29 is 9.59 Å². The Hall–Kier alpha value is -3.23. The second-order valence-corrected chi connectivity index (χ2v) is 5.71. The summed E-state index contributed by atoms with van der Waals surface area (Å²) in [7, 11) is 0. The van der Waals surface area contributed by atoms with Crippen molar-refractivity contribution in [3.8, 4) is 0 Å². The highest BCUT2D eigenvalue weighted by Gasteiger charge is 2.18. The van der Waals surface area contributed by atoms with E-state index in [1.807, 2.05) is 32.0 Å². The predicted octanol–water partition coefficient (Wildman–Crippen LogP) is 1.01. The first-order valence-corrected chi connectivity index (χ1v) is 7.75. The molecule has 0 aliphatic carbocycles. The standard InChI is InChI=1S/C16H21N7O2/c1-4-11(13(17)24)20-16-21-15(12(14(18)25)22-23-16)19-10-6-8(2)5-9(3)7-10/h5-7,11H,4H2,1-3H3,(H2,17,24)(H2,18,25)(H2,19,20,21,23)/t11-/m1/s1. The van der Waals surface area contributed by atoms with Crippen LogP contribution in [0.1, 0.15) is 35.0 Å². The second-order valence-electron chi connectivity index (χ2n) is 5.71. The molecule has 2 rings (SSSR count). The fourth-order valence-electron chi connectivity index (χ4n) is 2.35. The van der Waals surface area contributed by atoms with Gasteiger partial charge in [0.15, 0.2) is 11.5 Å². The van der Waals surface area contributed by atoms with E-state index in [0.717, 1.165) is 16.8 Å². The molecule has 9 nitrogen and oxygen atoms in total. The van der Waals surface area contributed by atoms with E-state index in [9.17, 15) is 9.59 Å². The minimum atomic E-state index is -0.764. The highest BCUT2D eigenvalue weighted by molar-refractivity contribution is 5.96. The molecular weight excluding hydrogens is 322 g/mol. The fourth-order valence-corrected chi connectivity index (χ4v) is 2.35. The lowest BCUT2D eigenvalue weighted by atomic mass is 10.1. The van der Waals surface area contributed by atoms with E-state index in [4.69, 9.17) is 11.5 Å². The number of carbonyl (C=O) groups is 2. The summed E-state index contributed by atoms with van der Waals surface area (Å²) in [6.45, 7) is 5.70. The van der Waals surface area contributed by atoms with Gasteiger partial charge in [0.25, 0.3) is 5.91 Å². The number of benzene rings is 1. The van der Waals surface area contributed by atoms with Crippen LogP contribution in [-0.2, 0) is 4.79 Å². The van der Waals surface area contributed by atoms with Crippen molar-refractivity contribution in [3.05, 3.63) is 35.0 Å². The monoisotopic (exact) mass is 343 g/mol. The van der Waals surface area contributed by atoms with Crippen LogP contribution in [0.25, 0.3) is 0 Å². The molecule has 2 aromatic rings. The Labute approximate surface area is 145 Å². The summed E-state index contributed by atoms with van der Waals surface area (Å²) < 4.78 is 0. The zero-order chi connectivity index (χ0) is 18.6. The van der Waals surface area contributed by atoms with Gasteiger partial charge in [0.05, 0.1) is 0 Å². The number of aromatic nitrogens is 3. The average Bonchev–Trinajstić information content (AvgIpc) is 2.51. The lowest BCUT2D eigenvalue weighted by molar-refractivity contribution is -0.118. The molecule has 25 heavy (non-hydrogen) atoms. The van der Waals surface area contributed by atoms with Gasteiger partial charge in [-0.2, -0.15) is 4.98 Å². The molecule has 2 amide bonds. The Balaban J connectivity index is 2.37. The highest BCUT2D eigenvalue weighted by atomic mass is 16.1. The van der Waals surface area contributed by atoms with Crippen molar-refractivity contribution in [2.24, 2.45) is 11.5 Å². The van der Waals surface area contributed by atoms with E-state index in [0.29, 0.717) is 6.42 Å². The van der Waals surface area contributed by atoms with Gasteiger partial charge in [-0.15, -0.1) is 10.2 Å². The number of hydrogen-bond acceptors (Lipinski definition) is 7. The van der Waals surface area contributed by atoms with E-state index < -0.39 is 17.9 Å². The van der Waals surface area contributed by atoms with E-state index in [1.165, 1.54) is 0 Å². The Kier molecular flexibility index (Phi) is 5.48. The quantitative estimate of drug-likeness (QED) is 0.586. The summed E-state index contributed by atoms with van der Waals surface area (Å²) in [5.74, 6) is -1.08. The lowest BCUT2D eigenvalue weighted by Gasteiger charge is -2.15. The third-order valence-corrected chi connectivity index (χ3v) is 3.46. The van der Waals surface area contributed by atoms with E-state index in [1.54, 1.807) is 6.92 Å². The molecule has 0 bridgehead atoms. The number of aryl methyl sites for hydroxylation is 2. The first-order chi connectivity index (χ1) is 11.8. The van der Waals surface area contributed by atoms with Crippen LogP contribution < -0.4 is 22.1 Å². The normalized spacial score (nSPS) is 11.6. The van der Waals surface area contributed by atoms with Crippen LogP contribution in [0.5, 0.6) is 0 Å². The van der Waals surface area contributed by atoms with Crippen LogP contribution in [0.3, 0.4) is 0 Å². The number of carbonyl (C=O) groups excluding carboxylic acids is 2. The first-order valence-electron chi connectivity index (χ1n) is 7.75. The second kappa shape index (κ2) is 7.56. The van der Waals surface area contributed by atoms with Crippen LogP contribution in [0.2, 0.25) is 0 Å². The van der Waals surface area contributed by atoms with Gasteiger partial charge in [-0.25, -0.2) is 0 Å². The van der Waals surface area contributed by atoms with Gasteiger partial charge in [-0.1, -0.05) is 13.0 Å². The van der Waals surface area contributed by atoms with Crippen molar-refractivity contribution in [2.45, 2.75) is 33.2 Å². The maximum atomic E-state index is 11.6. The third kappa shape index (κ3) is 4.63. The number of rotatable bonds is 7. The molecule has 0 fully saturated rings. The Morgan fingerprint density at radius 3 is 2.28 bits per heavy atom. The number of amides is 2. The molecule has 6 N–H and O–H groups in total. The van der Waals surface area contributed by atoms with Crippen molar-refractivity contribution in [1.82, 2.24) is 15.2 Å². The van der Waals surface area contributed by atoms with Gasteiger partial charge in [-0.05, 0) is 43.5 Å². The lowest BCUT2D eigenvalue weighted by Crippen LogP contribution is -2.35. The smallest absolute Gasteiger partial charge is 0.273 e. The van der Waals surface area contributed by atoms with Gasteiger partial charge in [0.2, 0.25) is 11.9 Å². The topological polar surface area (TPSA) is 149 Å². The van der Waals surface area contributed by atoms with Gasteiger partial charge in [-0.3, -0.25) is 9.59 Å². The molecule has 0 aliphatic heterocycles. The predicted molar refractivity (Wildman–Crippen MR) is 94.4 cm³/mol. The molecule has 0 saturated carbocycles. The molecule has 1 atom stereocenters. The van der Waals surface area contributed by atoms with Gasteiger partial charge >= 0.3 is 0 Å². The molecule has 1 aromatic carbocycles. The zero-order valence-corrected chi connectivity index (χ0v) is 14.3. The molecule has 132 valence electrons. The van der Waals surface area contributed by atoms with Crippen molar-refractivity contribution in [2.75, 3.05) is 10.6 Å². The number of primary amides is 2. The maximum Gasteiger partial charge on any atom is 0.273 e. The highest BCUT2D eigenvalue weighted by Crippen LogP contribution is 2.21. The Bertz CT molecular complexity index is 787. The molecule has 0 spiro atoms. The van der Waals surface area contributed by atoms with Crippen molar-refractivity contribution >= 4 is 29.3 Å². The molecular formula is C16H21N7O2. The van der Waals surface area contributed by atoms with Crippen LogP contribution in [-0.4, -0.2) is 33.0 Å². The average molecular weight is 343 g/mol. The maximum absolute atomic E-state index is 11.6. The molecule has 0 saturated heterocycles. The minimum absolute atomic E-state index is 0.0718. The molecule has 9 heteroatoms. The van der Waals surface area contributed by atoms with Gasteiger partial charge < -0.3 is 22.1 Å². The number of nitrogens with one attached hydrogen (secondary N) is 2. The summed E-state index contributed by atoms with van der Waals surface area (Å²) in [4.78, 5) is 27.2. The number of anilines is 3. The van der Waals surface area contributed by atoms with Crippen LogP contribution in [0.15, 0.2) is 18.2 Å². The van der Waals surface area contributed by atoms with Gasteiger partial charge in [0, 0.05) is 5.69 Å². The first kappa shape index (κ1) is 18.1. The largest absolute Gasteiger partial charge is 0.368 e. The van der Waals surface area contributed by atoms with Crippen LogP contribution >= 0.6 is 0 Å². The number of nitrogens with zero attached hydrogens (tertiary/aromatic N) is 3. The minimum Gasteiger partial charge on any atom is -0.368 e. The third-order valence-electron chi connectivity index (χ3n) is 3.46. The van der Waals surface area contributed by atoms with Crippen LogP contribution in [0, 0.1) is 13.8 Å². The van der Waals surface area contributed by atoms with Crippen molar-refractivity contribution in [3.63, 3.8) is 0 Å². The van der Waals surface area contributed by atoms with E-state index >= 15 is 0 Å². The van der Waals surface area contributed by atoms with Crippen molar-refractivity contribution in [1.29, 1.82) is 0 Å². The summed E-state index contributed by atoms with van der Waals surface area (Å²) in [6, 6.07) is 5.16. The molecule has 1 aromatic heterocycles. The fraction of sp³-hybridized carbons (Fsp3) is 0.312. The molecule has 0 radical (unpaired) electrons. The number of nitrogens with two attached hydrogens (primary N) is 2. The molecule has 0 aliphatic rings. The molecule has 0 unspecified atom stereocenters. The molecule has 1 heterocycles. The Morgan fingerprint density at radius 2 is 1.76 bits per heavy atom. The van der Waals surface area contributed by atoms with Gasteiger partial charge in [0.1, 0.15) is 6.04 Å². The summed E-state index contributed by atoms with van der Waals surface area (Å²) in [5, 5.41) is 13.4. The number of hydrogen-bond donors (Lipinski definition) is 4. The zero-order valence-electron chi connectivity index (χ0n) is 14.3. The van der Waals surface area contributed by atoms with E-state index in [-0.39, 0.29) is 17.5 Å². The van der Waals surface area contributed by atoms with Crippen LogP contribution in [0.4, 0.5) is 17.5 Å². The summed E-state index contributed by atoms with van der Waals surface area (Å²) in [5.41, 5.74) is 13.4. The summed E-state index contributed by atoms with van der Waals surface area (Å²) in [6.07, 6.45) is 0.454. The van der Waals surface area contributed by atoms with E-state index in [2.05, 4.69) is 25.8 Å². The SMILES string of the molecule is CC[C@@H](Nc1nnc(C(N)=O)c(Nc2cc(C)cc(C)c2)n1)C(N)=O. The summed E-state index contributed by atoms with van der Waals surface area (Å²) >= 11 is 0. The Morgan fingerprint density at radius 1 is 1.12 bits per heavy atom.